The van der Waals surface area contributed by atoms with Gasteiger partial charge in [-0.25, -0.2) is 0 Å². The first-order chi connectivity index (χ1) is 10.3. The van der Waals surface area contributed by atoms with E-state index in [2.05, 4.69) is 34.3 Å². The number of nitrogens with zero attached hydrogens (tertiary/aromatic N) is 3. The van der Waals surface area contributed by atoms with Crippen LogP contribution >= 0.6 is 0 Å². The van der Waals surface area contributed by atoms with Crippen LogP contribution in [-0.4, -0.2) is 14.8 Å². The molecule has 0 unspecified atom stereocenters. The Labute approximate surface area is 124 Å². The molecular weight excluding hydrogens is 260 g/mol. The Balaban J connectivity index is 1.65. The van der Waals surface area contributed by atoms with E-state index in [1.807, 2.05) is 35.1 Å². The van der Waals surface area contributed by atoms with Gasteiger partial charge >= 0.3 is 0 Å². The highest BCUT2D eigenvalue weighted by atomic mass is 15.3. The molecule has 21 heavy (non-hydrogen) atoms. The van der Waals surface area contributed by atoms with E-state index in [9.17, 15) is 0 Å². The molecule has 0 aliphatic heterocycles. The van der Waals surface area contributed by atoms with Gasteiger partial charge in [-0.2, -0.15) is 5.10 Å². The number of hydrogen-bond donors (Lipinski definition) is 1. The fourth-order valence-corrected chi connectivity index (χ4v) is 2.34. The monoisotopic (exact) mass is 278 g/mol. The third-order valence-corrected chi connectivity index (χ3v) is 3.39. The van der Waals surface area contributed by atoms with Crippen molar-refractivity contribution in [3.8, 4) is 11.4 Å². The Hall–Kier alpha value is -2.62. The zero-order chi connectivity index (χ0) is 14.5. The van der Waals surface area contributed by atoms with Gasteiger partial charge in [-0.15, -0.1) is 0 Å². The highest BCUT2D eigenvalue weighted by Crippen LogP contribution is 2.21. The first-order valence-electron chi connectivity index (χ1n) is 7.11. The molecule has 0 amide bonds. The summed E-state index contributed by atoms with van der Waals surface area (Å²) in [5, 5.41) is 4.54. The van der Waals surface area contributed by atoms with E-state index in [0.29, 0.717) is 5.69 Å². The van der Waals surface area contributed by atoms with Crippen molar-refractivity contribution in [3.05, 3.63) is 66.5 Å². The summed E-state index contributed by atoms with van der Waals surface area (Å²) in [6.45, 7) is 0.853. The number of pyridine rings is 1. The maximum atomic E-state index is 6.03. The lowest BCUT2D eigenvalue weighted by molar-refractivity contribution is 0.580. The topological polar surface area (TPSA) is 56.7 Å². The second kappa shape index (κ2) is 6.22. The minimum absolute atomic E-state index is 0.674. The number of benzene rings is 1. The lowest BCUT2D eigenvalue weighted by Gasteiger charge is -2.02. The summed E-state index contributed by atoms with van der Waals surface area (Å²) in [6.07, 6.45) is 5.71. The number of aromatic nitrogens is 3. The summed E-state index contributed by atoms with van der Waals surface area (Å²) in [7, 11) is 0. The summed E-state index contributed by atoms with van der Waals surface area (Å²) < 4.78 is 1.91. The van der Waals surface area contributed by atoms with Crippen LogP contribution in [0.1, 0.15) is 12.0 Å². The molecule has 3 rings (SSSR count). The van der Waals surface area contributed by atoms with Gasteiger partial charge in [0.2, 0.25) is 0 Å². The largest absolute Gasteiger partial charge is 0.396 e. The molecule has 3 aromatic rings. The normalized spacial score (nSPS) is 10.7. The van der Waals surface area contributed by atoms with Crippen molar-refractivity contribution < 1.29 is 0 Å². The zero-order valence-corrected chi connectivity index (χ0v) is 11.8. The molecule has 0 radical (unpaired) electrons. The van der Waals surface area contributed by atoms with Gasteiger partial charge in [0.05, 0.1) is 11.4 Å². The molecule has 4 nitrogen and oxygen atoms in total. The minimum atomic E-state index is 0.674. The van der Waals surface area contributed by atoms with Crippen molar-refractivity contribution in [1.29, 1.82) is 0 Å². The SMILES string of the molecule is Nc1cn(CCCc2ccccc2)nc1-c1ccccn1. The Kier molecular flexibility index (Phi) is 3.96. The van der Waals surface area contributed by atoms with Crippen LogP contribution in [-0.2, 0) is 13.0 Å². The van der Waals surface area contributed by atoms with E-state index in [0.717, 1.165) is 30.8 Å². The number of aryl methyl sites for hydroxylation is 2. The molecule has 106 valence electrons. The molecule has 4 heteroatoms. The number of nitrogen functional groups attached to an aromatic ring is 1. The first kappa shape index (κ1) is 13.4. The van der Waals surface area contributed by atoms with Crippen LogP contribution in [0.3, 0.4) is 0 Å². The van der Waals surface area contributed by atoms with E-state index in [4.69, 9.17) is 5.73 Å². The summed E-state index contributed by atoms with van der Waals surface area (Å²) in [5.41, 5.74) is 9.63. The maximum absolute atomic E-state index is 6.03. The predicted octanol–water partition coefficient (Wildman–Crippen LogP) is 3.16. The van der Waals surface area contributed by atoms with Gasteiger partial charge in [-0.1, -0.05) is 36.4 Å². The van der Waals surface area contributed by atoms with Gasteiger partial charge in [0, 0.05) is 18.9 Å². The lowest BCUT2D eigenvalue weighted by Crippen LogP contribution is -2.00. The highest BCUT2D eigenvalue weighted by molar-refractivity contribution is 5.68. The van der Waals surface area contributed by atoms with Crippen molar-refractivity contribution in [2.45, 2.75) is 19.4 Å². The van der Waals surface area contributed by atoms with E-state index in [1.54, 1.807) is 6.20 Å². The van der Waals surface area contributed by atoms with Crippen molar-refractivity contribution in [2.24, 2.45) is 0 Å². The van der Waals surface area contributed by atoms with Crippen LogP contribution < -0.4 is 5.73 Å². The molecule has 0 aliphatic rings. The van der Waals surface area contributed by atoms with Gasteiger partial charge in [0.15, 0.2) is 0 Å². The van der Waals surface area contributed by atoms with Crippen molar-refractivity contribution in [3.63, 3.8) is 0 Å². The van der Waals surface area contributed by atoms with Crippen molar-refractivity contribution >= 4 is 5.69 Å². The number of nitrogens with two attached hydrogens (primary N) is 1. The minimum Gasteiger partial charge on any atom is -0.396 e. The molecule has 0 bridgehead atoms. The molecule has 0 fully saturated rings. The van der Waals surface area contributed by atoms with Crippen LogP contribution in [0.4, 0.5) is 5.69 Å². The van der Waals surface area contributed by atoms with Gasteiger partial charge in [0.1, 0.15) is 5.69 Å². The van der Waals surface area contributed by atoms with Crippen molar-refractivity contribution in [1.82, 2.24) is 14.8 Å². The fraction of sp³-hybridized carbons (Fsp3) is 0.176. The Morgan fingerprint density at radius 1 is 1.00 bits per heavy atom. The molecule has 2 heterocycles. The molecule has 1 aromatic carbocycles. The van der Waals surface area contributed by atoms with Gasteiger partial charge in [-0.3, -0.25) is 9.67 Å². The Bertz CT molecular complexity index is 689. The van der Waals surface area contributed by atoms with Crippen molar-refractivity contribution in [2.75, 3.05) is 5.73 Å². The van der Waals surface area contributed by atoms with Gasteiger partial charge < -0.3 is 5.73 Å². The summed E-state index contributed by atoms with van der Waals surface area (Å²) in [4.78, 5) is 4.30. The van der Waals surface area contributed by atoms with Crippen LogP contribution in [0, 0.1) is 0 Å². The predicted molar refractivity (Wildman–Crippen MR) is 84.6 cm³/mol. The van der Waals surface area contributed by atoms with Crippen LogP contribution in [0.2, 0.25) is 0 Å². The quantitative estimate of drug-likeness (QED) is 0.780. The molecule has 2 N–H and O–H groups in total. The zero-order valence-electron chi connectivity index (χ0n) is 11.8. The third kappa shape index (κ3) is 3.28. The lowest BCUT2D eigenvalue weighted by atomic mass is 10.1. The maximum Gasteiger partial charge on any atom is 0.134 e. The average Bonchev–Trinajstić information content (AvgIpc) is 2.90. The molecule has 0 atom stereocenters. The van der Waals surface area contributed by atoms with Gasteiger partial charge in [-0.05, 0) is 30.5 Å². The number of hydrogen-bond acceptors (Lipinski definition) is 3. The first-order valence-corrected chi connectivity index (χ1v) is 7.11. The van der Waals surface area contributed by atoms with E-state index in [1.165, 1.54) is 5.56 Å². The molecule has 0 spiro atoms. The molecule has 2 aromatic heterocycles. The summed E-state index contributed by atoms with van der Waals surface area (Å²) >= 11 is 0. The fourth-order valence-electron chi connectivity index (χ4n) is 2.34. The standard InChI is InChI=1S/C17H18N4/c18-15-13-21(12-6-9-14-7-2-1-3-8-14)20-17(15)16-10-4-5-11-19-16/h1-5,7-8,10-11,13H,6,9,12,18H2. The van der Waals surface area contributed by atoms with E-state index >= 15 is 0 Å². The molecule has 0 aliphatic carbocycles. The van der Waals surface area contributed by atoms with Gasteiger partial charge in [0.25, 0.3) is 0 Å². The third-order valence-electron chi connectivity index (χ3n) is 3.39. The summed E-state index contributed by atoms with van der Waals surface area (Å²) in [6, 6.07) is 16.2. The molecule has 0 saturated heterocycles. The average molecular weight is 278 g/mol. The Morgan fingerprint density at radius 3 is 2.57 bits per heavy atom. The van der Waals surface area contributed by atoms with Crippen LogP contribution in [0.5, 0.6) is 0 Å². The molecular formula is C17H18N4. The summed E-state index contributed by atoms with van der Waals surface area (Å²) in [5.74, 6) is 0. The van der Waals surface area contributed by atoms with Crippen LogP contribution in [0.15, 0.2) is 60.9 Å². The highest BCUT2D eigenvalue weighted by Gasteiger charge is 2.09. The second-order valence-corrected chi connectivity index (χ2v) is 5.00. The smallest absolute Gasteiger partial charge is 0.134 e. The van der Waals surface area contributed by atoms with E-state index < -0.39 is 0 Å². The van der Waals surface area contributed by atoms with E-state index in [-0.39, 0.29) is 0 Å². The number of anilines is 1. The second-order valence-electron chi connectivity index (χ2n) is 5.00. The Morgan fingerprint density at radius 2 is 1.81 bits per heavy atom. The molecule has 0 saturated carbocycles. The van der Waals surface area contributed by atoms with Crippen LogP contribution in [0.25, 0.3) is 11.4 Å². The number of rotatable bonds is 5.